The summed E-state index contributed by atoms with van der Waals surface area (Å²) in [5.74, 6) is 0. The summed E-state index contributed by atoms with van der Waals surface area (Å²) >= 11 is 7.52. The topological polar surface area (TPSA) is 91.4 Å². The van der Waals surface area contributed by atoms with Crippen molar-refractivity contribution in [3.63, 3.8) is 0 Å². The second-order valence-corrected chi connectivity index (χ2v) is 8.82. The molecule has 2 aromatic heterocycles. The van der Waals surface area contributed by atoms with Crippen molar-refractivity contribution < 1.29 is 41.7 Å². The van der Waals surface area contributed by atoms with Crippen LogP contribution in [0.5, 0.6) is 0 Å². The minimum atomic E-state index is -4.84. The first-order valence-corrected chi connectivity index (χ1v) is 11.1. The molecule has 2 unspecified atom stereocenters. The van der Waals surface area contributed by atoms with E-state index in [0.717, 1.165) is 21.8 Å². The number of benzene rings is 1. The molecule has 0 aliphatic carbocycles. The Morgan fingerprint density at radius 1 is 1.15 bits per heavy atom. The highest BCUT2D eigenvalue weighted by Crippen LogP contribution is 2.40. The molecule has 0 saturated heterocycles. The van der Waals surface area contributed by atoms with Gasteiger partial charge in [0.25, 0.3) is 0 Å². The van der Waals surface area contributed by atoms with Crippen LogP contribution in [0, 0.1) is 0 Å². The quantitative estimate of drug-likeness (QED) is 0.380. The van der Waals surface area contributed by atoms with Gasteiger partial charge >= 0.3 is 12.4 Å². The predicted molar refractivity (Wildman–Crippen MR) is 114 cm³/mol. The Morgan fingerprint density at radius 2 is 1.79 bits per heavy atom. The van der Waals surface area contributed by atoms with Gasteiger partial charge in [-0.25, -0.2) is 4.68 Å². The number of hydrogen-bond acceptors (Lipinski definition) is 6. The molecule has 0 amide bonds. The van der Waals surface area contributed by atoms with Crippen molar-refractivity contribution in [2.45, 2.75) is 63.9 Å². The van der Waals surface area contributed by atoms with Crippen LogP contribution in [0.15, 0.2) is 24.4 Å². The molecule has 3 rings (SSSR count). The van der Waals surface area contributed by atoms with Crippen LogP contribution in [0.1, 0.15) is 42.8 Å². The first-order chi connectivity index (χ1) is 15.7. The van der Waals surface area contributed by atoms with Crippen LogP contribution < -0.4 is 0 Å². The summed E-state index contributed by atoms with van der Waals surface area (Å²) in [6, 6.07) is 5.40. The molecular formula is C20H22ClF6N3O3S. The van der Waals surface area contributed by atoms with Crippen molar-refractivity contribution in [2.75, 3.05) is 0 Å². The highest BCUT2D eigenvalue weighted by Gasteiger charge is 2.55. The summed E-state index contributed by atoms with van der Waals surface area (Å²) in [4.78, 5) is 0.653. The van der Waals surface area contributed by atoms with Crippen molar-refractivity contribution in [3.8, 4) is 0 Å². The molecule has 0 spiro atoms. The van der Waals surface area contributed by atoms with Gasteiger partial charge in [0.2, 0.25) is 5.60 Å². The molecule has 190 valence electrons. The van der Waals surface area contributed by atoms with E-state index in [2.05, 4.69) is 10.3 Å². The number of halogens is 7. The van der Waals surface area contributed by atoms with Gasteiger partial charge in [-0.1, -0.05) is 42.8 Å². The minimum Gasteiger partial charge on any atom is -0.391 e. The van der Waals surface area contributed by atoms with Gasteiger partial charge < -0.3 is 15.3 Å². The van der Waals surface area contributed by atoms with Crippen molar-refractivity contribution in [2.24, 2.45) is 0 Å². The molecule has 2 atom stereocenters. The smallest absolute Gasteiger partial charge is 0.391 e. The third-order valence-corrected chi connectivity index (χ3v) is 6.64. The maximum absolute atomic E-state index is 13.1. The number of thiophene rings is 1. The lowest BCUT2D eigenvalue weighted by molar-refractivity contribution is -0.269. The summed E-state index contributed by atoms with van der Waals surface area (Å²) in [6.07, 6.45) is -11.2. The fraction of sp³-hybridized carbons (Fsp3) is 0.500. The van der Waals surface area contributed by atoms with Gasteiger partial charge in [0.05, 0.1) is 24.4 Å². The highest BCUT2D eigenvalue weighted by molar-refractivity contribution is 7.19. The van der Waals surface area contributed by atoms with E-state index in [9.17, 15) is 36.6 Å². The summed E-state index contributed by atoms with van der Waals surface area (Å²) in [6.45, 7) is 2.54. The number of aliphatic hydroxyl groups excluding tert-OH is 2. The maximum Gasteiger partial charge on any atom is 0.423 e. The molecule has 0 aliphatic heterocycles. The zero-order chi connectivity index (χ0) is 25.9. The Kier molecular flexibility index (Phi) is 8.97. The van der Waals surface area contributed by atoms with E-state index in [1.807, 2.05) is 6.07 Å². The third-order valence-electron chi connectivity index (χ3n) is 4.96. The summed E-state index contributed by atoms with van der Waals surface area (Å²) in [7, 11) is 0. The van der Waals surface area contributed by atoms with Crippen molar-refractivity contribution >= 4 is 33.0 Å². The molecule has 0 aliphatic rings. The Bertz CT molecular complexity index is 1100. The maximum atomic E-state index is 13.1. The molecule has 6 nitrogen and oxygen atoms in total. The Balaban J connectivity index is 0.000000440. The Labute approximate surface area is 199 Å². The van der Waals surface area contributed by atoms with E-state index < -0.39 is 36.2 Å². The van der Waals surface area contributed by atoms with Crippen LogP contribution in [-0.4, -0.2) is 48.8 Å². The van der Waals surface area contributed by atoms with Gasteiger partial charge in [-0.05, 0) is 24.5 Å². The average Bonchev–Trinajstić information content (AvgIpc) is 3.35. The van der Waals surface area contributed by atoms with Crippen molar-refractivity contribution in [1.29, 1.82) is 0 Å². The number of nitrogens with zero attached hydrogens (tertiary/aromatic N) is 3. The molecule has 3 aromatic rings. The van der Waals surface area contributed by atoms with Crippen LogP contribution in [-0.2, 0) is 18.8 Å². The van der Waals surface area contributed by atoms with Crippen LogP contribution in [0.2, 0.25) is 5.02 Å². The lowest BCUT2D eigenvalue weighted by Gasteiger charge is -2.26. The van der Waals surface area contributed by atoms with Gasteiger partial charge in [0.1, 0.15) is 11.8 Å². The molecule has 2 heterocycles. The van der Waals surface area contributed by atoms with E-state index >= 15 is 0 Å². The van der Waals surface area contributed by atoms with Gasteiger partial charge in [-0.15, -0.1) is 16.4 Å². The normalized spacial score (nSPS) is 15.1. The number of alkyl halides is 6. The van der Waals surface area contributed by atoms with E-state index in [0.29, 0.717) is 9.90 Å². The fourth-order valence-electron chi connectivity index (χ4n) is 2.87. The summed E-state index contributed by atoms with van der Waals surface area (Å²) < 4.78 is 75.0. The number of fused-ring (bicyclic) bond motifs is 1. The first-order valence-electron chi connectivity index (χ1n) is 9.93. The second kappa shape index (κ2) is 10.8. The molecule has 1 aromatic carbocycles. The number of hydrogen-bond donors (Lipinski definition) is 3. The van der Waals surface area contributed by atoms with Crippen LogP contribution in [0.25, 0.3) is 10.1 Å². The molecular weight excluding hydrogens is 512 g/mol. The van der Waals surface area contributed by atoms with Crippen molar-refractivity contribution in [1.82, 2.24) is 15.0 Å². The largest absolute Gasteiger partial charge is 0.423 e. The summed E-state index contributed by atoms with van der Waals surface area (Å²) in [5, 5.41) is 35.8. The Hall–Kier alpha value is -1.93. The average molecular weight is 534 g/mol. The zero-order valence-corrected chi connectivity index (χ0v) is 19.5. The summed E-state index contributed by atoms with van der Waals surface area (Å²) in [5.41, 5.74) is -2.77. The van der Waals surface area contributed by atoms with Gasteiger partial charge in [-0.2, -0.15) is 26.3 Å². The van der Waals surface area contributed by atoms with E-state index in [-0.39, 0.29) is 19.6 Å². The second-order valence-electron chi connectivity index (χ2n) is 7.31. The lowest BCUT2D eigenvalue weighted by atomic mass is 9.96. The zero-order valence-electron chi connectivity index (χ0n) is 18.0. The SMILES string of the molecule is CCC(O)(c1cn(Cc2ccc3c(Cl)c(CO)sc3c2)nn1)C(F)(F)F.CCC(O)C(F)(F)F. The van der Waals surface area contributed by atoms with Gasteiger partial charge in [0, 0.05) is 15.0 Å². The van der Waals surface area contributed by atoms with E-state index in [1.165, 1.54) is 29.9 Å². The van der Waals surface area contributed by atoms with E-state index in [1.54, 1.807) is 12.1 Å². The fourth-order valence-corrected chi connectivity index (χ4v) is 4.29. The highest BCUT2D eigenvalue weighted by atomic mass is 35.5. The molecule has 3 N–H and O–H groups in total. The minimum absolute atomic E-state index is 0.160. The monoisotopic (exact) mass is 533 g/mol. The molecule has 14 heteroatoms. The number of aromatic nitrogens is 3. The van der Waals surface area contributed by atoms with Gasteiger partial charge in [-0.3, -0.25) is 0 Å². The van der Waals surface area contributed by atoms with Crippen molar-refractivity contribution in [3.05, 3.63) is 45.6 Å². The molecule has 34 heavy (non-hydrogen) atoms. The Morgan fingerprint density at radius 3 is 2.26 bits per heavy atom. The number of aliphatic hydroxyl groups is 3. The van der Waals surface area contributed by atoms with Crippen LogP contribution in [0.4, 0.5) is 26.3 Å². The molecule has 0 bridgehead atoms. The lowest BCUT2D eigenvalue weighted by Crippen LogP contribution is -2.42. The molecule has 0 fully saturated rings. The van der Waals surface area contributed by atoms with Crippen LogP contribution >= 0.6 is 22.9 Å². The standard InChI is InChI=1S/C16H15ClF3N3O2S.C4H7F3O/c1-2-15(25,16(18,19)20)13-7-23(22-21-13)6-9-3-4-10-11(5-9)26-12(8-24)14(10)17;1-2-3(8)4(5,6)7/h3-5,7,24-25H,2,6,8H2,1H3;3,8H,2H2,1H3. The van der Waals surface area contributed by atoms with Crippen LogP contribution in [0.3, 0.4) is 0 Å². The van der Waals surface area contributed by atoms with E-state index in [4.69, 9.17) is 16.7 Å². The van der Waals surface area contributed by atoms with Gasteiger partial charge in [0.15, 0.2) is 0 Å². The first kappa shape index (κ1) is 28.3. The number of rotatable bonds is 6. The molecule has 0 saturated carbocycles. The third kappa shape index (κ3) is 6.19. The predicted octanol–water partition coefficient (Wildman–Crippen LogP) is 5.17. The molecule has 0 radical (unpaired) electrons.